The molecule has 7 atom stereocenters. The first-order valence-electron chi connectivity index (χ1n) is 13.1. The Bertz CT molecular complexity index is 991. The van der Waals surface area contributed by atoms with E-state index in [0.717, 1.165) is 43.5 Å². The van der Waals surface area contributed by atoms with Crippen LogP contribution < -0.4 is 10.6 Å². The first kappa shape index (κ1) is 23.4. The number of rotatable bonds is 3. The fourth-order valence-corrected chi connectivity index (χ4v) is 8.65. The van der Waals surface area contributed by atoms with E-state index in [1.54, 1.807) is 0 Å². The first-order chi connectivity index (χ1) is 16.1. The molecule has 2 N–H and O–H groups in total. The third-order valence-electron chi connectivity index (χ3n) is 10.3. The Morgan fingerprint density at radius 2 is 1.53 bits per heavy atom. The van der Waals surface area contributed by atoms with Gasteiger partial charge in [-0.15, -0.1) is 0 Å². The van der Waals surface area contributed by atoms with Crippen molar-refractivity contribution in [2.75, 3.05) is 17.7 Å². The number of benzene rings is 1. The van der Waals surface area contributed by atoms with E-state index in [4.69, 9.17) is 0 Å². The van der Waals surface area contributed by atoms with Crippen molar-refractivity contribution in [3.05, 3.63) is 24.3 Å². The zero-order chi connectivity index (χ0) is 24.3. The fourth-order valence-electron chi connectivity index (χ4n) is 8.65. The lowest BCUT2D eigenvalue weighted by atomic mass is 9.47. The van der Waals surface area contributed by atoms with Gasteiger partial charge in [0.05, 0.1) is 0 Å². The zero-order valence-corrected chi connectivity index (χ0v) is 21.0. The molecule has 0 radical (unpaired) electrons. The Morgan fingerprint density at radius 3 is 2.21 bits per heavy atom. The molecule has 2 unspecified atom stereocenters. The topological polar surface area (TPSA) is 78.5 Å². The second kappa shape index (κ2) is 8.39. The summed E-state index contributed by atoms with van der Waals surface area (Å²) in [6.07, 6.45) is 8.34. The lowest BCUT2D eigenvalue weighted by Crippen LogP contribution is -2.61. The SMILES string of the molecule is CC(=O)Nc1ccc(NC(=O)C2CC[C@H]3[C@@H]4CCC5N(C)C(=O)CC[C@]5(C)[C@@H]4CC[C@]23C)cc1. The van der Waals surface area contributed by atoms with Crippen LogP contribution in [0.15, 0.2) is 24.3 Å². The van der Waals surface area contributed by atoms with Gasteiger partial charge in [-0.25, -0.2) is 0 Å². The summed E-state index contributed by atoms with van der Waals surface area (Å²) in [5.74, 6) is 2.29. The number of fused-ring (bicyclic) bond motifs is 5. The minimum atomic E-state index is -0.105. The van der Waals surface area contributed by atoms with Crippen LogP contribution in [0.5, 0.6) is 0 Å². The number of hydrogen-bond donors (Lipinski definition) is 2. The quantitative estimate of drug-likeness (QED) is 0.655. The van der Waals surface area contributed by atoms with E-state index >= 15 is 0 Å². The Hall–Kier alpha value is -2.37. The summed E-state index contributed by atoms with van der Waals surface area (Å²) in [5, 5.41) is 5.93. The summed E-state index contributed by atoms with van der Waals surface area (Å²) in [7, 11) is 2.01. The average molecular weight is 466 g/mol. The van der Waals surface area contributed by atoms with E-state index in [-0.39, 0.29) is 28.6 Å². The Labute approximate surface area is 203 Å². The largest absolute Gasteiger partial charge is 0.342 e. The molecule has 0 spiro atoms. The summed E-state index contributed by atoms with van der Waals surface area (Å²) < 4.78 is 0. The van der Waals surface area contributed by atoms with Gasteiger partial charge in [0.15, 0.2) is 0 Å². The third kappa shape index (κ3) is 3.64. The summed E-state index contributed by atoms with van der Waals surface area (Å²) in [6.45, 7) is 6.31. The van der Waals surface area contributed by atoms with Crippen LogP contribution in [0, 0.1) is 34.5 Å². The number of carbonyl (C=O) groups excluding carboxylic acids is 3. The molecule has 6 nitrogen and oxygen atoms in total. The van der Waals surface area contributed by atoms with Crippen molar-refractivity contribution in [2.45, 2.75) is 78.2 Å². The molecular formula is C28H39N3O3. The van der Waals surface area contributed by atoms with Crippen LogP contribution in [0.4, 0.5) is 11.4 Å². The highest BCUT2D eigenvalue weighted by Gasteiger charge is 2.62. The molecular weight excluding hydrogens is 426 g/mol. The predicted octanol–water partition coefficient (Wildman–Crippen LogP) is 5.06. The number of carbonyl (C=O) groups is 3. The van der Waals surface area contributed by atoms with Crippen LogP contribution in [0.2, 0.25) is 0 Å². The molecule has 4 aliphatic rings. The smallest absolute Gasteiger partial charge is 0.228 e. The van der Waals surface area contributed by atoms with Gasteiger partial charge in [0.25, 0.3) is 0 Å². The minimum Gasteiger partial charge on any atom is -0.342 e. The van der Waals surface area contributed by atoms with E-state index < -0.39 is 0 Å². The lowest BCUT2D eigenvalue weighted by molar-refractivity contribution is -0.159. The van der Waals surface area contributed by atoms with Gasteiger partial charge in [-0.05, 0) is 97.8 Å². The highest BCUT2D eigenvalue weighted by molar-refractivity contribution is 5.94. The molecule has 1 heterocycles. The summed E-state index contributed by atoms with van der Waals surface area (Å²) in [4.78, 5) is 39.1. The van der Waals surface area contributed by atoms with Crippen molar-refractivity contribution < 1.29 is 14.4 Å². The summed E-state index contributed by atoms with van der Waals surface area (Å²) >= 11 is 0. The van der Waals surface area contributed by atoms with Crippen LogP contribution >= 0.6 is 0 Å². The molecule has 1 saturated heterocycles. The third-order valence-corrected chi connectivity index (χ3v) is 10.3. The molecule has 184 valence electrons. The van der Waals surface area contributed by atoms with Crippen LogP contribution in [0.3, 0.4) is 0 Å². The number of hydrogen-bond acceptors (Lipinski definition) is 3. The van der Waals surface area contributed by atoms with E-state index in [0.29, 0.717) is 36.1 Å². The molecule has 3 aliphatic carbocycles. The van der Waals surface area contributed by atoms with Crippen LogP contribution in [-0.4, -0.2) is 35.7 Å². The van der Waals surface area contributed by atoms with Gasteiger partial charge < -0.3 is 15.5 Å². The number of likely N-dealkylation sites (tertiary alicyclic amines) is 1. The predicted molar refractivity (Wildman–Crippen MR) is 133 cm³/mol. The van der Waals surface area contributed by atoms with Crippen molar-refractivity contribution >= 4 is 29.1 Å². The number of nitrogens with one attached hydrogen (secondary N) is 2. The second-order valence-electron chi connectivity index (χ2n) is 11.9. The normalized spacial score (nSPS) is 39.0. The fraction of sp³-hybridized carbons (Fsp3) is 0.679. The van der Waals surface area contributed by atoms with E-state index in [1.807, 2.05) is 31.3 Å². The molecule has 3 amide bonds. The van der Waals surface area contributed by atoms with Crippen molar-refractivity contribution in [2.24, 2.45) is 34.5 Å². The van der Waals surface area contributed by atoms with Gasteiger partial charge in [-0.1, -0.05) is 13.8 Å². The van der Waals surface area contributed by atoms with Gasteiger partial charge >= 0.3 is 0 Å². The van der Waals surface area contributed by atoms with Gasteiger partial charge in [0, 0.05) is 43.7 Å². The van der Waals surface area contributed by atoms with E-state index in [1.165, 1.54) is 19.8 Å². The minimum absolute atomic E-state index is 0.0367. The van der Waals surface area contributed by atoms with Crippen molar-refractivity contribution in [3.63, 3.8) is 0 Å². The van der Waals surface area contributed by atoms with Crippen LogP contribution in [0.1, 0.15) is 72.1 Å². The average Bonchev–Trinajstić information content (AvgIpc) is 3.15. The lowest BCUT2D eigenvalue weighted by Gasteiger charge is -2.61. The molecule has 6 heteroatoms. The highest BCUT2D eigenvalue weighted by Crippen LogP contribution is 2.66. The maximum Gasteiger partial charge on any atom is 0.228 e. The van der Waals surface area contributed by atoms with Crippen LogP contribution in [-0.2, 0) is 14.4 Å². The Morgan fingerprint density at radius 1 is 0.882 bits per heavy atom. The molecule has 0 bridgehead atoms. The number of nitrogens with zero attached hydrogens (tertiary/aromatic N) is 1. The molecule has 3 saturated carbocycles. The number of amides is 3. The Kier molecular flexibility index (Phi) is 5.77. The van der Waals surface area contributed by atoms with Gasteiger partial charge in [-0.3, -0.25) is 14.4 Å². The molecule has 1 aliphatic heterocycles. The maximum atomic E-state index is 13.4. The first-order valence-corrected chi connectivity index (χ1v) is 13.1. The molecule has 4 fully saturated rings. The van der Waals surface area contributed by atoms with Crippen LogP contribution in [0.25, 0.3) is 0 Å². The van der Waals surface area contributed by atoms with Gasteiger partial charge in [0.1, 0.15) is 0 Å². The van der Waals surface area contributed by atoms with E-state index in [9.17, 15) is 14.4 Å². The van der Waals surface area contributed by atoms with Crippen molar-refractivity contribution in [1.82, 2.24) is 4.90 Å². The molecule has 34 heavy (non-hydrogen) atoms. The summed E-state index contributed by atoms with van der Waals surface area (Å²) in [5.41, 5.74) is 1.77. The maximum absolute atomic E-state index is 13.4. The highest BCUT2D eigenvalue weighted by atomic mass is 16.2. The number of piperidine rings is 1. The van der Waals surface area contributed by atoms with Crippen molar-refractivity contribution in [1.29, 1.82) is 0 Å². The molecule has 1 aromatic rings. The number of anilines is 2. The van der Waals surface area contributed by atoms with E-state index in [2.05, 4.69) is 29.4 Å². The molecule has 0 aromatic heterocycles. The standard InChI is InChI=1S/C28H39N3O3/c1-17(32)29-18-5-7-19(8-6-18)30-26(34)23-11-10-21-20-9-12-24-28(3,16-14-25(33)31(24)4)22(20)13-15-27(21,23)2/h5-8,20-24H,9-16H2,1-4H3,(H,29,32)(H,30,34)/t20-,21-,22+,23?,24?,27-,28+/m0/s1. The second-order valence-corrected chi connectivity index (χ2v) is 11.9. The summed E-state index contributed by atoms with van der Waals surface area (Å²) in [6, 6.07) is 7.74. The van der Waals surface area contributed by atoms with Gasteiger partial charge in [0.2, 0.25) is 17.7 Å². The van der Waals surface area contributed by atoms with Crippen molar-refractivity contribution in [3.8, 4) is 0 Å². The van der Waals surface area contributed by atoms with Gasteiger partial charge in [-0.2, -0.15) is 0 Å². The Balaban J connectivity index is 1.30. The monoisotopic (exact) mass is 465 g/mol. The zero-order valence-electron chi connectivity index (χ0n) is 21.0. The molecule has 5 rings (SSSR count). The molecule has 1 aromatic carbocycles.